The Morgan fingerprint density at radius 3 is 3.06 bits per heavy atom. The van der Waals surface area contributed by atoms with Gasteiger partial charge >= 0.3 is 0 Å². The molecule has 1 aliphatic heterocycles. The van der Waals surface area contributed by atoms with Gasteiger partial charge in [0.25, 0.3) is 5.91 Å². The number of hydrogen-bond donors (Lipinski definition) is 1. The van der Waals surface area contributed by atoms with Crippen molar-refractivity contribution in [1.82, 2.24) is 4.90 Å². The average Bonchev–Trinajstić information content (AvgIpc) is 2.81. The number of nitrogens with zero attached hydrogens (tertiary/aromatic N) is 1. The Hall–Kier alpha value is -1.07. The van der Waals surface area contributed by atoms with Gasteiger partial charge in [0.05, 0.1) is 6.61 Å². The standard InChI is InChI=1S/C13H17BrN2O2/c1-18-8-9-4-5-16(7-9)13(17)10-2-3-11(14)12(15)6-10/h2-3,6,9H,4-5,7-8,15H2,1H3. The summed E-state index contributed by atoms with van der Waals surface area (Å²) in [7, 11) is 1.69. The molecule has 1 atom stereocenters. The lowest BCUT2D eigenvalue weighted by Gasteiger charge is -2.17. The van der Waals surface area contributed by atoms with E-state index in [0.717, 1.165) is 24.0 Å². The third-order valence-electron chi connectivity index (χ3n) is 3.22. The number of methoxy groups -OCH3 is 1. The molecule has 1 saturated heterocycles. The first-order valence-electron chi connectivity index (χ1n) is 5.95. The number of likely N-dealkylation sites (tertiary alicyclic amines) is 1. The number of benzene rings is 1. The molecule has 0 bridgehead atoms. The molecule has 1 fully saturated rings. The smallest absolute Gasteiger partial charge is 0.253 e. The van der Waals surface area contributed by atoms with Crippen molar-refractivity contribution in [3.63, 3.8) is 0 Å². The molecule has 1 unspecified atom stereocenters. The number of hydrogen-bond acceptors (Lipinski definition) is 3. The van der Waals surface area contributed by atoms with Crippen LogP contribution in [-0.2, 0) is 4.74 Å². The summed E-state index contributed by atoms with van der Waals surface area (Å²) in [5, 5.41) is 0. The summed E-state index contributed by atoms with van der Waals surface area (Å²) >= 11 is 3.33. The average molecular weight is 313 g/mol. The Balaban J connectivity index is 2.05. The molecular formula is C13H17BrN2O2. The Morgan fingerprint density at radius 1 is 1.61 bits per heavy atom. The number of nitrogens with two attached hydrogens (primary N) is 1. The number of carbonyl (C=O) groups is 1. The van der Waals surface area contributed by atoms with Crippen molar-refractivity contribution in [2.45, 2.75) is 6.42 Å². The Kier molecular flexibility index (Phi) is 4.24. The first-order chi connectivity index (χ1) is 8.61. The van der Waals surface area contributed by atoms with Gasteiger partial charge in [-0.2, -0.15) is 0 Å². The van der Waals surface area contributed by atoms with Crippen molar-refractivity contribution >= 4 is 27.5 Å². The molecule has 2 N–H and O–H groups in total. The Labute approximate surface area is 115 Å². The first kappa shape index (κ1) is 13.4. The molecule has 4 nitrogen and oxygen atoms in total. The zero-order valence-electron chi connectivity index (χ0n) is 10.4. The summed E-state index contributed by atoms with van der Waals surface area (Å²) in [5.74, 6) is 0.500. The van der Waals surface area contributed by atoms with E-state index in [4.69, 9.17) is 10.5 Å². The lowest BCUT2D eigenvalue weighted by molar-refractivity contribution is 0.0775. The molecule has 0 aromatic heterocycles. The molecule has 0 saturated carbocycles. The maximum atomic E-state index is 12.3. The Bertz CT molecular complexity index is 451. The number of rotatable bonds is 3. The molecule has 1 aliphatic rings. The van der Waals surface area contributed by atoms with Gasteiger partial charge in [0.2, 0.25) is 0 Å². The van der Waals surface area contributed by atoms with Gasteiger partial charge in [-0.3, -0.25) is 4.79 Å². The van der Waals surface area contributed by atoms with Crippen molar-refractivity contribution in [2.75, 3.05) is 32.5 Å². The van der Waals surface area contributed by atoms with Crippen LogP contribution in [0.25, 0.3) is 0 Å². The van der Waals surface area contributed by atoms with Gasteiger partial charge in [-0.25, -0.2) is 0 Å². The summed E-state index contributed by atoms with van der Waals surface area (Å²) in [4.78, 5) is 14.1. The zero-order valence-corrected chi connectivity index (χ0v) is 11.9. The van der Waals surface area contributed by atoms with Gasteiger partial charge in [0.1, 0.15) is 0 Å². The number of halogens is 1. The van der Waals surface area contributed by atoms with Crippen molar-refractivity contribution < 1.29 is 9.53 Å². The molecule has 0 aliphatic carbocycles. The van der Waals surface area contributed by atoms with Gasteiger partial charge in [-0.1, -0.05) is 0 Å². The fourth-order valence-electron chi connectivity index (χ4n) is 2.25. The largest absolute Gasteiger partial charge is 0.398 e. The number of amides is 1. The van der Waals surface area contributed by atoms with Crippen molar-refractivity contribution in [3.8, 4) is 0 Å². The van der Waals surface area contributed by atoms with Crippen LogP contribution in [0.4, 0.5) is 5.69 Å². The molecule has 1 heterocycles. The second-order valence-electron chi connectivity index (χ2n) is 4.60. The summed E-state index contributed by atoms with van der Waals surface area (Å²) in [6, 6.07) is 5.33. The predicted octanol–water partition coefficient (Wildman–Crippen LogP) is 2.14. The topological polar surface area (TPSA) is 55.6 Å². The van der Waals surface area contributed by atoms with Crippen LogP contribution < -0.4 is 5.73 Å². The lowest BCUT2D eigenvalue weighted by atomic mass is 10.1. The van der Waals surface area contributed by atoms with Gasteiger partial charge in [0, 0.05) is 41.8 Å². The van der Waals surface area contributed by atoms with E-state index in [2.05, 4.69) is 15.9 Å². The molecule has 18 heavy (non-hydrogen) atoms. The minimum Gasteiger partial charge on any atom is -0.398 e. The third-order valence-corrected chi connectivity index (χ3v) is 3.94. The summed E-state index contributed by atoms with van der Waals surface area (Å²) in [5.41, 5.74) is 7.03. The highest BCUT2D eigenvalue weighted by atomic mass is 79.9. The van der Waals surface area contributed by atoms with Crippen molar-refractivity contribution in [1.29, 1.82) is 0 Å². The number of carbonyl (C=O) groups excluding carboxylic acids is 1. The summed E-state index contributed by atoms with van der Waals surface area (Å²) in [6.45, 7) is 2.28. The fourth-order valence-corrected chi connectivity index (χ4v) is 2.49. The number of anilines is 1. The van der Waals surface area contributed by atoms with Crippen LogP contribution in [0.1, 0.15) is 16.8 Å². The minimum absolute atomic E-state index is 0.0489. The van der Waals surface area contributed by atoms with E-state index in [1.165, 1.54) is 0 Å². The molecule has 1 amide bonds. The second-order valence-corrected chi connectivity index (χ2v) is 5.45. The van der Waals surface area contributed by atoms with E-state index in [0.29, 0.717) is 23.8 Å². The van der Waals surface area contributed by atoms with E-state index < -0.39 is 0 Å². The molecule has 2 rings (SSSR count). The zero-order chi connectivity index (χ0) is 13.1. The molecule has 1 aromatic carbocycles. The molecule has 98 valence electrons. The monoisotopic (exact) mass is 312 g/mol. The maximum Gasteiger partial charge on any atom is 0.253 e. The minimum atomic E-state index is 0.0489. The molecule has 5 heteroatoms. The highest BCUT2D eigenvalue weighted by Crippen LogP contribution is 2.23. The van der Waals surface area contributed by atoms with Crippen LogP contribution in [0.15, 0.2) is 22.7 Å². The van der Waals surface area contributed by atoms with Crippen LogP contribution in [0, 0.1) is 5.92 Å². The van der Waals surface area contributed by atoms with Crippen LogP contribution in [0.3, 0.4) is 0 Å². The molecular weight excluding hydrogens is 296 g/mol. The number of ether oxygens (including phenoxy) is 1. The van der Waals surface area contributed by atoms with E-state index in [-0.39, 0.29) is 5.91 Å². The lowest BCUT2D eigenvalue weighted by Crippen LogP contribution is -2.29. The molecule has 0 radical (unpaired) electrons. The predicted molar refractivity (Wildman–Crippen MR) is 74.4 cm³/mol. The highest BCUT2D eigenvalue weighted by molar-refractivity contribution is 9.10. The van der Waals surface area contributed by atoms with Crippen molar-refractivity contribution in [2.24, 2.45) is 5.92 Å². The van der Waals surface area contributed by atoms with E-state index in [9.17, 15) is 4.79 Å². The molecule has 1 aromatic rings. The van der Waals surface area contributed by atoms with E-state index in [1.54, 1.807) is 19.2 Å². The van der Waals surface area contributed by atoms with Gasteiger partial charge in [-0.05, 0) is 40.5 Å². The second kappa shape index (κ2) is 5.71. The highest BCUT2D eigenvalue weighted by Gasteiger charge is 2.26. The third kappa shape index (κ3) is 2.84. The number of nitrogen functional groups attached to an aromatic ring is 1. The van der Waals surface area contributed by atoms with Crippen LogP contribution >= 0.6 is 15.9 Å². The van der Waals surface area contributed by atoms with Crippen LogP contribution in [-0.4, -0.2) is 37.6 Å². The first-order valence-corrected chi connectivity index (χ1v) is 6.74. The quantitative estimate of drug-likeness (QED) is 0.870. The fraction of sp³-hybridized carbons (Fsp3) is 0.462. The van der Waals surface area contributed by atoms with Gasteiger partial charge < -0.3 is 15.4 Å². The summed E-state index contributed by atoms with van der Waals surface area (Å²) < 4.78 is 5.95. The molecule has 0 spiro atoms. The SMILES string of the molecule is COCC1CCN(C(=O)c2ccc(Br)c(N)c2)C1. The van der Waals surface area contributed by atoms with Gasteiger partial charge in [-0.15, -0.1) is 0 Å². The van der Waals surface area contributed by atoms with E-state index >= 15 is 0 Å². The Morgan fingerprint density at radius 2 is 2.39 bits per heavy atom. The van der Waals surface area contributed by atoms with E-state index in [1.807, 2.05) is 11.0 Å². The van der Waals surface area contributed by atoms with Crippen LogP contribution in [0.5, 0.6) is 0 Å². The summed E-state index contributed by atoms with van der Waals surface area (Å²) in [6.07, 6.45) is 1.01. The normalized spacial score (nSPS) is 19.2. The van der Waals surface area contributed by atoms with Gasteiger partial charge in [0.15, 0.2) is 0 Å². The van der Waals surface area contributed by atoms with Crippen molar-refractivity contribution in [3.05, 3.63) is 28.2 Å². The maximum absolute atomic E-state index is 12.3. The van der Waals surface area contributed by atoms with Crippen LogP contribution in [0.2, 0.25) is 0 Å².